The van der Waals surface area contributed by atoms with Crippen LogP contribution in [0.25, 0.3) is 0 Å². The molecule has 2 aliphatic heterocycles. The van der Waals surface area contributed by atoms with Crippen LogP contribution in [0, 0.1) is 19.8 Å². The number of piperidine rings is 1. The molecular weight excluding hydrogens is 344 g/mol. The lowest BCUT2D eigenvalue weighted by atomic mass is 10.0. The predicted octanol–water partition coefficient (Wildman–Crippen LogP) is 0.642. The molecule has 0 bridgehead atoms. The number of aliphatic imine (C=N–C) groups is 1. The number of amides is 4. The van der Waals surface area contributed by atoms with Crippen molar-refractivity contribution in [2.45, 2.75) is 33.1 Å². The molecule has 2 saturated heterocycles. The number of nitrogens with zero attached hydrogens (tertiary/aromatic N) is 2. The summed E-state index contributed by atoms with van der Waals surface area (Å²) in [4.78, 5) is 44.0. The van der Waals surface area contributed by atoms with Crippen molar-refractivity contribution in [1.82, 2.24) is 5.32 Å². The Morgan fingerprint density at radius 1 is 1.15 bits per heavy atom. The molecule has 0 aromatic heterocycles. The van der Waals surface area contributed by atoms with Crippen molar-refractivity contribution in [3.05, 3.63) is 29.3 Å². The van der Waals surface area contributed by atoms with Gasteiger partial charge in [0, 0.05) is 6.21 Å². The molecule has 144 valence electrons. The maximum Gasteiger partial charge on any atom is 0.335 e. The third kappa shape index (κ3) is 4.42. The number of carbonyl (C=O) groups excluding carboxylic acids is 3. The first-order valence-corrected chi connectivity index (χ1v) is 9.57. The molecule has 0 aliphatic carbocycles. The smallest absolute Gasteiger partial charge is 0.333 e. The second-order valence-electron chi connectivity index (χ2n) is 7.33. The van der Waals surface area contributed by atoms with Gasteiger partial charge in [0.15, 0.2) is 5.92 Å². The van der Waals surface area contributed by atoms with Crippen molar-refractivity contribution in [3.8, 4) is 0 Å². The lowest BCUT2D eigenvalue weighted by Crippen LogP contribution is -3.13. The second kappa shape index (κ2) is 8.43. The first-order valence-electron chi connectivity index (χ1n) is 9.57. The highest BCUT2D eigenvalue weighted by molar-refractivity contribution is 6.32. The molecule has 2 fully saturated rings. The van der Waals surface area contributed by atoms with Gasteiger partial charge in [-0.15, -0.1) is 0 Å². The van der Waals surface area contributed by atoms with Gasteiger partial charge in [-0.2, -0.15) is 0 Å². The van der Waals surface area contributed by atoms with Crippen molar-refractivity contribution in [3.63, 3.8) is 0 Å². The fraction of sp³-hybridized carbons (Fsp3) is 0.500. The number of nitrogens with one attached hydrogen (secondary N) is 2. The Morgan fingerprint density at radius 3 is 2.59 bits per heavy atom. The number of barbiturate groups is 1. The van der Waals surface area contributed by atoms with Crippen LogP contribution >= 0.6 is 0 Å². The Labute approximate surface area is 159 Å². The van der Waals surface area contributed by atoms with Gasteiger partial charge in [0.25, 0.3) is 5.91 Å². The number of quaternary nitrogens is 1. The summed E-state index contributed by atoms with van der Waals surface area (Å²) in [6.07, 6.45) is 5.18. The largest absolute Gasteiger partial charge is 0.335 e. The average Bonchev–Trinajstić information content (AvgIpc) is 2.64. The zero-order chi connectivity index (χ0) is 19.4. The molecule has 2 N–H and O–H groups in total. The highest BCUT2D eigenvalue weighted by Crippen LogP contribution is 2.22. The number of aryl methyl sites for hydroxylation is 2. The third-order valence-electron chi connectivity index (χ3n) is 5.36. The molecule has 1 aromatic carbocycles. The molecule has 0 unspecified atom stereocenters. The first-order chi connectivity index (χ1) is 13.0. The van der Waals surface area contributed by atoms with Crippen molar-refractivity contribution < 1.29 is 19.3 Å². The van der Waals surface area contributed by atoms with Gasteiger partial charge in [-0.25, -0.2) is 9.69 Å². The van der Waals surface area contributed by atoms with Gasteiger partial charge >= 0.3 is 6.03 Å². The molecule has 3 rings (SSSR count). The van der Waals surface area contributed by atoms with E-state index in [1.807, 2.05) is 19.9 Å². The van der Waals surface area contributed by atoms with E-state index in [4.69, 9.17) is 0 Å². The van der Waals surface area contributed by atoms with Crippen molar-refractivity contribution >= 4 is 29.7 Å². The molecule has 0 saturated carbocycles. The van der Waals surface area contributed by atoms with Crippen LogP contribution in [0.3, 0.4) is 0 Å². The molecule has 1 atom stereocenters. The van der Waals surface area contributed by atoms with Gasteiger partial charge in [-0.3, -0.25) is 19.9 Å². The summed E-state index contributed by atoms with van der Waals surface area (Å²) in [7, 11) is 0. The minimum absolute atomic E-state index is 0.462. The van der Waals surface area contributed by atoms with E-state index < -0.39 is 23.8 Å². The maximum absolute atomic E-state index is 12.8. The summed E-state index contributed by atoms with van der Waals surface area (Å²) in [5.41, 5.74) is 2.50. The van der Waals surface area contributed by atoms with E-state index in [1.165, 1.54) is 30.4 Å². The molecule has 0 radical (unpaired) electrons. The molecule has 1 aromatic rings. The summed E-state index contributed by atoms with van der Waals surface area (Å²) < 4.78 is 0. The standard InChI is InChI=1S/C20H26N4O3/c1-14-6-7-16(12-15(14)2)24-19(26)17(18(25)22-20(24)27)13-21-8-11-23-9-4-3-5-10-23/h6-7,12-13,17H,3-5,8-11H2,1-2H3,(H,22,25,27)/p+1/t17-/m1/s1. The molecular formula is C20H27N4O3+. The van der Waals surface area contributed by atoms with Crippen molar-refractivity contribution in [2.75, 3.05) is 31.1 Å². The number of hydrogen-bond acceptors (Lipinski definition) is 4. The van der Waals surface area contributed by atoms with Crippen LogP contribution in [0.4, 0.5) is 10.5 Å². The lowest BCUT2D eigenvalue weighted by Gasteiger charge is -2.29. The monoisotopic (exact) mass is 371 g/mol. The van der Waals surface area contributed by atoms with Crippen LogP contribution in [0.15, 0.2) is 23.2 Å². The van der Waals surface area contributed by atoms with Crippen molar-refractivity contribution in [1.29, 1.82) is 0 Å². The molecule has 2 aliphatic rings. The van der Waals surface area contributed by atoms with Gasteiger partial charge in [0.2, 0.25) is 5.91 Å². The zero-order valence-corrected chi connectivity index (χ0v) is 16.0. The maximum atomic E-state index is 12.8. The highest BCUT2D eigenvalue weighted by atomic mass is 16.2. The molecule has 2 heterocycles. The van der Waals surface area contributed by atoms with E-state index in [2.05, 4.69) is 10.3 Å². The summed E-state index contributed by atoms with van der Waals surface area (Å²) >= 11 is 0. The minimum Gasteiger partial charge on any atom is -0.333 e. The summed E-state index contributed by atoms with van der Waals surface area (Å²) in [5.74, 6) is -2.24. The van der Waals surface area contributed by atoms with Gasteiger partial charge in [0.1, 0.15) is 0 Å². The summed E-state index contributed by atoms with van der Waals surface area (Å²) in [5, 5.41) is 2.26. The van der Waals surface area contributed by atoms with Crippen molar-refractivity contribution in [2.24, 2.45) is 10.9 Å². The minimum atomic E-state index is -1.07. The van der Waals surface area contributed by atoms with Crippen LogP contribution in [-0.2, 0) is 9.59 Å². The molecule has 4 amide bonds. The van der Waals surface area contributed by atoms with Crippen LogP contribution in [0.5, 0.6) is 0 Å². The Kier molecular flexibility index (Phi) is 6.01. The van der Waals surface area contributed by atoms with Crippen LogP contribution in [0.2, 0.25) is 0 Å². The number of hydrogen-bond donors (Lipinski definition) is 2. The fourth-order valence-electron chi connectivity index (χ4n) is 3.54. The van der Waals surface area contributed by atoms with E-state index in [0.717, 1.165) is 35.7 Å². The number of likely N-dealkylation sites (tertiary alicyclic amines) is 1. The van der Waals surface area contributed by atoms with Gasteiger partial charge in [-0.05, 0) is 56.4 Å². The number of benzene rings is 1. The molecule has 27 heavy (non-hydrogen) atoms. The Hall–Kier alpha value is -2.54. The molecule has 7 heteroatoms. The van der Waals surface area contributed by atoms with E-state index in [0.29, 0.717) is 12.2 Å². The Bertz CT molecular complexity index is 768. The van der Waals surface area contributed by atoms with Crippen LogP contribution in [-0.4, -0.2) is 50.2 Å². The lowest BCUT2D eigenvalue weighted by molar-refractivity contribution is -0.903. The fourth-order valence-corrected chi connectivity index (χ4v) is 3.54. The van der Waals surface area contributed by atoms with E-state index in [9.17, 15) is 14.4 Å². The normalized spacial score (nSPS) is 21.8. The zero-order valence-electron chi connectivity index (χ0n) is 16.0. The van der Waals surface area contributed by atoms with Gasteiger partial charge < -0.3 is 4.90 Å². The van der Waals surface area contributed by atoms with E-state index in [1.54, 1.807) is 12.1 Å². The average molecular weight is 371 g/mol. The number of imide groups is 2. The number of urea groups is 1. The van der Waals surface area contributed by atoms with E-state index >= 15 is 0 Å². The SMILES string of the molecule is Cc1ccc(N2C(=O)NC(=O)[C@@H](C=NCC[NH+]3CCCCC3)C2=O)cc1C. The quantitative estimate of drug-likeness (QED) is 0.589. The number of rotatable bonds is 5. The first kappa shape index (κ1) is 19.2. The third-order valence-corrected chi connectivity index (χ3v) is 5.36. The molecule has 0 spiro atoms. The Morgan fingerprint density at radius 2 is 1.89 bits per heavy atom. The van der Waals surface area contributed by atoms with E-state index in [-0.39, 0.29) is 0 Å². The molecule has 7 nitrogen and oxygen atoms in total. The summed E-state index contributed by atoms with van der Waals surface area (Å²) in [6, 6.07) is 4.63. The number of anilines is 1. The Balaban J connectivity index is 1.68. The highest BCUT2D eigenvalue weighted by Gasteiger charge is 2.40. The van der Waals surface area contributed by atoms with Gasteiger partial charge in [0.05, 0.1) is 31.9 Å². The predicted molar refractivity (Wildman–Crippen MR) is 103 cm³/mol. The van der Waals surface area contributed by atoms with Crippen LogP contribution < -0.4 is 15.1 Å². The van der Waals surface area contributed by atoms with Crippen LogP contribution in [0.1, 0.15) is 30.4 Å². The van der Waals surface area contributed by atoms with Gasteiger partial charge in [-0.1, -0.05) is 6.07 Å². The second-order valence-corrected chi connectivity index (χ2v) is 7.33. The summed E-state index contributed by atoms with van der Waals surface area (Å²) in [6.45, 7) is 7.67. The topological polar surface area (TPSA) is 83.3 Å². The number of carbonyl (C=O) groups is 3.